The fourth-order valence-corrected chi connectivity index (χ4v) is 5.20. The van der Waals surface area contributed by atoms with E-state index in [0.29, 0.717) is 5.92 Å². The van der Waals surface area contributed by atoms with Crippen LogP contribution < -0.4 is 0 Å². The molecule has 2 fully saturated rings. The van der Waals surface area contributed by atoms with E-state index in [-0.39, 0.29) is 18.2 Å². The van der Waals surface area contributed by atoms with Crippen LogP contribution in [0, 0.1) is 0 Å². The molecule has 1 saturated carbocycles. The molecule has 1 aromatic carbocycles. The minimum atomic E-state index is -0.529. The second-order valence-corrected chi connectivity index (χ2v) is 8.88. The highest BCUT2D eigenvalue weighted by Gasteiger charge is 2.51. The quantitative estimate of drug-likeness (QED) is 0.638. The zero-order valence-corrected chi connectivity index (χ0v) is 17.0. The smallest absolute Gasteiger partial charge is 0.411 e. The molecule has 1 atom stereocenters. The van der Waals surface area contributed by atoms with Crippen LogP contribution in [0.25, 0.3) is 11.0 Å². The van der Waals surface area contributed by atoms with Gasteiger partial charge in [-0.25, -0.2) is 9.78 Å². The van der Waals surface area contributed by atoms with E-state index in [2.05, 4.69) is 34.2 Å². The molecule has 3 aromatic rings. The number of cyclic esters (lactones) is 1. The summed E-state index contributed by atoms with van der Waals surface area (Å²) in [6.45, 7) is 4.04. The number of hydrogen-bond donors (Lipinski definition) is 1. The Hall–Kier alpha value is -2.82. The van der Waals surface area contributed by atoms with E-state index < -0.39 is 5.60 Å². The number of fused-ring (bicyclic) bond motifs is 1. The Kier molecular flexibility index (Phi) is 4.34. The lowest BCUT2D eigenvalue weighted by Crippen LogP contribution is -2.42. The molecule has 3 heterocycles. The molecule has 1 aliphatic carbocycles. The number of amides is 1. The fourth-order valence-electron chi connectivity index (χ4n) is 5.20. The number of nitrogens with zero attached hydrogens (tertiary/aromatic N) is 2. The average Bonchev–Trinajstić information content (AvgIpc) is 3.29. The summed E-state index contributed by atoms with van der Waals surface area (Å²) in [4.78, 5) is 22.6. The lowest BCUT2D eigenvalue weighted by Gasteiger charge is -2.38. The van der Waals surface area contributed by atoms with Crippen LogP contribution in [0.4, 0.5) is 4.79 Å². The highest BCUT2D eigenvalue weighted by Crippen LogP contribution is 2.46. The summed E-state index contributed by atoms with van der Waals surface area (Å²) < 4.78 is 5.81. The van der Waals surface area contributed by atoms with Gasteiger partial charge < -0.3 is 9.72 Å². The minimum absolute atomic E-state index is 0.0457. The summed E-state index contributed by atoms with van der Waals surface area (Å²) in [5, 5.41) is 1.17. The molecule has 2 aromatic heterocycles. The van der Waals surface area contributed by atoms with Crippen LogP contribution in [0.3, 0.4) is 0 Å². The molecule has 1 aliphatic heterocycles. The number of carbonyl (C=O) groups is 1. The summed E-state index contributed by atoms with van der Waals surface area (Å²) >= 11 is 0. The first-order valence-electron chi connectivity index (χ1n) is 10.5. The van der Waals surface area contributed by atoms with Gasteiger partial charge in [0.15, 0.2) is 0 Å². The first-order chi connectivity index (χ1) is 14.0. The first kappa shape index (κ1) is 18.2. The normalized spacial score (nSPS) is 26.6. The monoisotopic (exact) mass is 389 g/mol. The number of aromatic amines is 1. The molecule has 5 heteroatoms. The van der Waals surface area contributed by atoms with Crippen molar-refractivity contribution in [1.82, 2.24) is 14.9 Å². The molecular formula is C24H27N3O2. The largest absolute Gasteiger partial charge is 0.441 e. The van der Waals surface area contributed by atoms with Crippen molar-refractivity contribution < 1.29 is 9.53 Å². The standard InChI is InChI=1S/C24H27N3O2/c1-24(2)21(17-6-4-3-5-7-17)27(23(28)29-24)20-10-8-16(9-11-20)19-14-18-12-13-25-22(18)26-15-19/h3-7,12-16,20-21H,8-11H2,1-2H3,(H,25,26)/t16-,20-,21-/m0/s1. The molecule has 0 radical (unpaired) electrons. The number of carbonyl (C=O) groups excluding carboxylic acids is 1. The van der Waals surface area contributed by atoms with E-state index >= 15 is 0 Å². The molecule has 2 aliphatic rings. The maximum Gasteiger partial charge on any atom is 0.411 e. The van der Waals surface area contributed by atoms with E-state index in [1.807, 2.05) is 49.3 Å². The van der Waals surface area contributed by atoms with Crippen molar-refractivity contribution in [3.63, 3.8) is 0 Å². The molecule has 1 saturated heterocycles. The number of aromatic nitrogens is 2. The second-order valence-electron chi connectivity index (χ2n) is 8.88. The lowest BCUT2D eigenvalue weighted by atomic mass is 9.80. The van der Waals surface area contributed by atoms with Gasteiger partial charge in [0.2, 0.25) is 0 Å². The maximum atomic E-state index is 12.8. The van der Waals surface area contributed by atoms with Gasteiger partial charge in [-0.15, -0.1) is 0 Å². The van der Waals surface area contributed by atoms with Gasteiger partial charge in [0.25, 0.3) is 0 Å². The third-order valence-electron chi connectivity index (χ3n) is 6.60. The van der Waals surface area contributed by atoms with Crippen LogP contribution >= 0.6 is 0 Å². The number of ether oxygens (including phenoxy) is 1. The van der Waals surface area contributed by atoms with Crippen molar-refractivity contribution >= 4 is 17.1 Å². The zero-order chi connectivity index (χ0) is 20.0. The van der Waals surface area contributed by atoms with Crippen LogP contribution in [-0.2, 0) is 4.74 Å². The summed E-state index contributed by atoms with van der Waals surface area (Å²) in [5.74, 6) is 0.500. The summed E-state index contributed by atoms with van der Waals surface area (Å²) in [5.41, 5.74) is 2.86. The molecular weight excluding hydrogens is 362 g/mol. The first-order valence-corrected chi connectivity index (χ1v) is 10.5. The molecule has 29 heavy (non-hydrogen) atoms. The molecule has 1 N–H and O–H groups in total. The summed E-state index contributed by atoms with van der Waals surface area (Å²) in [7, 11) is 0. The predicted molar refractivity (Wildman–Crippen MR) is 113 cm³/mol. The van der Waals surface area contributed by atoms with Crippen LogP contribution in [0.2, 0.25) is 0 Å². The Morgan fingerprint density at radius 2 is 1.83 bits per heavy atom. The number of pyridine rings is 1. The van der Waals surface area contributed by atoms with Crippen LogP contribution in [-0.4, -0.2) is 32.6 Å². The van der Waals surface area contributed by atoms with Crippen molar-refractivity contribution in [2.75, 3.05) is 0 Å². The number of benzene rings is 1. The molecule has 1 amide bonds. The van der Waals surface area contributed by atoms with Crippen molar-refractivity contribution in [3.05, 3.63) is 66.0 Å². The Labute approximate surface area is 171 Å². The molecule has 5 rings (SSSR count). The summed E-state index contributed by atoms with van der Waals surface area (Å²) in [6, 6.07) is 14.8. The molecule has 150 valence electrons. The lowest BCUT2D eigenvalue weighted by molar-refractivity contribution is 0.0664. The molecule has 0 spiro atoms. The van der Waals surface area contributed by atoms with E-state index in [1.54, 1.807) is 0 Å². The predicted octanol–water partition coefficient (Wildman–Crippen LogP) is 5.56. The van der Waals surface area contributed by atoms with Crippen molar-refractivity contribution in [3.8, 4) is 0 Å². The topological polar surface area (TPSA) is 58.2 Å². The number of nitrogens with one attached hydrogen (secondary N) is 1. The van der Waals surface area contributed by atoms with Gasteiger partial charge in [-0.05, 0) is 68.7 Å². The van der Waals surface area contributed by atoms with Crippen molar-refractivity contribution in [2.45, 2.75) is 63.1 Å². The molecule has 0 bridgehead atoms. The van der Waals surface area contributed by atoms with E-state index in [9.17, 15) is 4.79 Å². The van der Waals surface area contributed by atoms with Gasteiger partial charge in [-0.3, -0.25) is 4.90 Å². The summed E-state index contributed by atoms with van der Waals surface area (Å²) in [6.07, 6.45) is 7.87. The van der Waals surface area contributed by atoms with Crippen LogP contribution in [0.15, 0.2) is 54.9 Å². The van der Waals surface area contributed by atoms with Crippen LogP contribution in [0.5, 0.6) is 0 Å². The van der Waals surface area contributed by atoms with Gasteiger partial charge in [-0.1, -0.05) is 30.3 Å². The highest BCUT2D eigenvalue weighted by molar-refractivity contribution is 5.76. The zero-order valence-electron chi connectivity index (χ0n) is 17.0. The van der Waals surface area contributed by atoms with Gasteiger partial charge in [0, 0.05) is 23.8 Å². The number of H-pyrrole nitrogens is 1. The van der Waals surface area contributed by atoms with Crippen molar-refractivity contribution in [1.29, 1.82) is 0 Å². The third kappa shape index (κ3) is 3.18. The highest BCUT2D eigenvalue weighted by atomic mass is 16.6. The maximum absolute atomic E-state index is 12.8. The van der Waals surface area contributed by atoms with E-state index in [1.165, 1.54) is 10.9 Å². The van der Waals surface area contributed by atoms with Gasteiger partial charge in [-0.2, -0.15) is 0 Å². The Balaban J connectivity index is 1.35. The minimum Gasteiger partial charge on any atom is -0.441 e. The second kappa shape index (κ2) is 6.90. The molecule has 0 unspecified atom stereocenters. The molecule has 5 nitrogen and oxygen atoms in total. The Bertz CT molecular complexity index is 1020. The third-order valence-corrected chi connectivity index (χ3v) is 6.60. The van der Waals surface area contributed by atoms with Gasteiger partial charge in [0.05, 0.1) is 6.04 Å². The van der Waals surface area contributed by atoms with Crippen LogP contribution in [0.1, 0.15) is 62.6 Å². The fraction of sp³-hybridized carbons (Fsp3) is 0.417. The van der Waals surface area contributed by atoms with Crippen molar-refractivity contribution in [2.24, 2.45) is 0 Å². The Morgan fingerprint density at radius 1 is 1.07 bits per heavy atom. The van der Waals surface area contributed by atoms with E-state index in [4.69, 9.17) is 4.74 Å². The number of hydrogen-bond acceptors (Lipinski definition) is 3. The van der Waals surface area contributed by atoms with Gasteiger partial charge >= 0.3 is 6.09 Å². The Morgan fingerprint density at radius 3 is 2.59 bits per heavy atom. The SMILES string of the molecule is CC1(C)OC(=O)N([C@H]2CC[C@H](c3cnc4[nH]ccc4c3)CC2)[C@H]1c1ccccc1. The van der Waals surface area contributed by atoms with E-state index in [0.717, 1.165) is 36.9 Å². The van der Waals surface area contributed by atoms with Gasteiger partial charge in [0.1, 0.15) is 11.2 Å². The number of rotatable bonds is 3. The average molecular weight is 389 g/mol.